The average Bonchev–Trinajstić information content (AvgIpc) is 2.99. The van der Waals surface area contributed by atoms with E-state index in [1.54, 1.807) is 24.4 Å². The fourth-order valence-electron chi connectivity index (χ4n) is 1.79. The number of rotatable bonds is 3. The molecule has 0 saturated heterocycles. The van der Waals surface area contributed by atoms with Gasteiger partial charge in [0.05, 0.1) is 25.3 Å². The molecule has 0 bridgehead atoms. The third-order valence-corrected chi connectivity index (χ3v) is 2.74. The Morgan fingerprint density at radius 2 is 1.68 bits per heavy atom. The van der Waals surface area contributed by atoms with E-state index >= 15 is 0 Å². The van der Waals surface area contributed by atoms with Gasteiger partial charge in [0.15, 0.2) is 0 Å². The lowest BCUT2D eigenvalue weighted by Crippen LogP contribution is -2.11. The first-order valence-corrected chi connectivity index (χ1v) is 5.62. The topological polar surface area (TPSA) is 68.4 Å². The summed E-state index contributed by atoms with van der Waals surface area (Å²) in [6.07, 6.45) is 1.78. The van der Waals surface area contributed by atoms with Crippen LogP contribution in [0.15, 0.2) is 36.5 Å². The zero-order valence-corrected chi connectivity index (χ0v) is 10.6. The van der Waals surface area contributed by atoms with E-state index in [1.807, 2.05) is 12.1 Å². The summed E-state index contributed by atoms with van der Waals surface area (Å²) in [5.74, 6) is -1.15. The van der Waals surface area contributed by atoms with E-state index < -0.39 is 11.9 Å². The van der Waals surface area contributed by atoms with Crippen molar-refractivity contribution in [2.75, 3.05) is 14.2 Å². The van der Waals surface area contributed by atoms with E-state index in [1.165, 1.54) is 14.2 Å². The van der Waals surface area contributed by atoms with Gasteiger partial charge in [-0.3, -0.25) is 0 Å². The van der Waals surface area contributed by atoms with Crippen LogP contribution in [-0.2, 0) is 9.47 Å². The van der Waals surface area contributed by atoms with Gasteiger partial charge in [0.25, 0.3) is 0 Å². The standard InChI is InChI=1S/C14H13NO4/c1-18-13(16)10-6-5-9(12-4-3-7-15-12)8-11(10)14(17)19-2/h3-8,15H,1-2H3. The molecular weight excluding hydrogens is 246 g/mol. The number of carbonyl (C=O) groups excluding carboxylic acids is 2. The van der Waals surface area contributed by atoms with Crippen molar-refractivity contribution >= 4 is 11.9 Å². The highest BCUT2D eigenvalue weighted by Gasteiger charge is 2.19. The zero-order chi connectivity index (χ0) is 13.8. The molecule has 2 aromatic rings. The summed E-state index contributed by atoms with van der Waals surface area (Å²) in [5, 5.41) is 0. The molecule has 0 aliphatic rings. The number of ether oxygens (including phenoxy) is 2. The number of benzene rings is 1. The summed E-state index contributed by atoms with van der Waals surface area (Å²) >= 11 is 0. The number of H-pyrrole nitrogens is 1. The van der Waals surface area contributed by atoms with Gasteiger partial charge >= 0.3 is 11.9 Å². The second-order valence-electron chi connectivity index (χ2n) is 3.83. The molecule has 1 heterocycles. The molecule has 0 atom stereocenters. The van der Waals surface area contributed by atoms with Crippen LogP contribution >= 0.6 is 0 Å². The first-order valence-electron chi connectivity index (χ1n) is 5.62. The first kappa shape index (κ1) is 12.9. The van der Waals surface area contributed by atoms with Crippen LogP contribution in [0.4, 0.5) is 0 Å². The molecule has 0 saturated carbocycles. The Bertz CT molecular complexity index is 602. The van der Waals surface area contributed by atoms with Crippen LogP contribution in [0.25, 0.3) is 11.3 Å². The lowest BCUT2D eigenvalue weighted by molar-refractivity contribution is 0.0555. The average molecular weight is 259 g/mol. The molecule has 1 aromatic carbocycles. The van der Waals surface area contributed by atoms with Crippen LogP contribution in [0.3, 0.4) is 0 Å². The van der Waals surface area contributed by atoms with Crippen molar-refractivity contribution in [3.63, 3.8) is 0 Å². The Morgan fingerprint density at radius 3 is 2.26 bits per heavy atom. The van der Waals surface area contributed by atoms with E-state index in [2.05, 4.69) is 14.5 Å². The molecule has 0 aliphatic heterocycles. The minimum Gasteiger partial charge on any atom is -0.465 e. The number of hydrogen-bond acceptors (Lipinski definition) is 4. The molecule has 0 radical (unpaired) electrons. The van der Waals surface area contributed by atoms with Crippen molar-refractivity contribution in [1.82, 2.24) is 4.98 Å². The van der Waals surface area contributed by atoms with Crippen LogP contribution in [0.2, 0.25) is 0 Å². The van der Waals surface area contributed by atoms with Crippen LogP contribution in [0, 0.1) is 0 Å². The predicted octanol–water partition coefficient (Wildman–Crippen LogP) is 2.25. The molecule has 0 aliphatic carbocycles. The van der Waals surface area contributed by atoms with Crippen LogP contribution in [-0.4, -0.2) is 31.1 Å². The number of methoxy groups -OCH3 is 2. The molecule has 0 amide bonds. The van der Waals surface area contributed by atoms with Gasteiger partial charge in [0.2, 0.25) is 0 Å². The largest absolute Gasteiger partial charge is 0.465 e. The Balaban J connectivity index is 2.53. The van der Waals surface area contributed by atoms with Crippen molar-refractivity contribution in [2.45, 2.75) is 0 Å². The Kier molecular flexibility index (Phi) is 3.66. The molecule has 0 unspecified atom stereocenters. The van der Waals surface area contributed by atoms with E-state index in [0.29, 0.717) is 0 Å². The highest BCUT2D eigenvalue weighted by atomic mass is 16.5. The van der Waals surface area contributed by atoms with Gasteiger partial charge in [-0.25, -0.2) is 9.59 Å². The van der Waals surface area contributed by atoms with Crippen molar-refractivity contribution in [3.8, 4) is 11.3 Å². The Hall–Kier alpha value is -2.56. The molecule has 1 N–H and O–H groups in total. The number of aromatic amines is 1. The molecule has 19 heavy (non-hydrogen) atoms. The molecule has 0 fully saturated rings. The SMILES string of the molecule is COC(=O)c1ccc(-c2ccc[nH]2)cc1C(=O)OC. The van der Waals surface area contributed by atoms with Crippen LogP contribution in [0.1, 0.15) is 20.7 Å². The highest BCUT2D eigenvalue weighted by Crippen LogP contribution is 2.22. The zero-order valence-electron chi connectivity index (χ0n) is 10.6. The number of aromatic nitrogens is 1. The van der Waals surface area contributed by atoms with E-state index in [4.69, 9.17) is 0 Å². The van der Waals surface area contributed by atoms with E-state index in [9.17, 15) is 9.59 Å². The molecular formula is C14H13NO4. The summed E-state index contributed by atoms with van der Waals surface area (Å²) in [6.45, 7) is 0. The lowest BCUT2D eigenvalue weighted by atomic mass is 10.0. The minimum absolute atomic E-state index is 0.182. The predicted molar refractivity (Wildman–Crippen MR) is 68.9 cm³/mol. The number of nitrogens with one attached hydrogen (secondary N) is 1. The number of carbonyl (C=O) groups is 2. The molecule has 1 aromatic heterocycles. The fraction of sp³-hybridized carbons (Fsp3) is 0.143. The van der Waals surface area contributed by atoms with Gasteiger partial charge in [0.1, 0.15) is 0 Å². The maximum atomic E-state index is 11.7. The lowest BCUT2D eigenvalue weighted by Gasteiger charge is -2.08. The van der Waals surface area contributed by atoms with Crippen LogP contribution < -0.4 is 0 Å². The van der Waals surface area contributed by atoms with Gasteiger partial charge < -0.3 is 14.5 Å². The summed E-state index contributed by atoms with van der Waals surface area (Å²) in [5.41, 5.74) is 2.01. The number of hydrogen-bond donors (Lipinski definition) is 1. The van der Waals surface area contributed by atoms with Crippen molar-refractivity contribution in [2.24, 2.45) is 0 Å². The van der Waals surface area contributed by atoms with Crippen molar-refractivity contribution < 1.29 is 19.1 Å². The third-order valence-electron chi connectivity index (χ3n) is 2.74. The highest BCUT2D eigenvalue weighted by molar-refractivity contribution is 6.04. The maximum Gasteiger partial charge on any atom is 0.338 e. The van der Waals surface area contributed by atoms with E-state index in [-0.39, 0.29) is 11.1 Å². The van der Waals surface area contributed by atoms with Crippen LogP contribution in [0.5, 0.6) is 0 Å². The first-order chi connectivity index (χ1) is 9.17. The molecule has 5 heteroatoms. The monoisotopic (exact) mass is 259 g/mol. The van der Waals surface area contributed by atoms with Crippen molar-refractivity contribution in [3.05, 3.63) is 47.7 Å². The smallest absolute Gasteiger partial charge is 0.338 e. The summed E-state index contributed by atoms with van der Waals surface area (Å²) in [7, 11) is 2.53. The minimum atomic E-state index is -0.575. The van der Waals surface area contributed by atoms with E-state index in [0.717, 1.165) is 11.3 Å². The van der Waals surface area contributed by atoms with Gasteiger partial charge in [-0.15, -0.1) is 0 Å². The van der Waals surface area contributed by atoms with Crippen molar-refractivity contribution in [1.29, 1.82) is 0 Å². The molecule has 0 spiro atoms. The fourth-order valence-corrected chi connectivity index (χ4v) is 1.79. The third kappa shape index (κ3) is 2.49. The second-order valence-corrected chi connectivity index (χ2v) is 3.83. The molecule has 98 valence electrons. The summed E-state index contributed by atoms with van der Waals surface area (Å²) < 4.78 is 9.33. The normalized spacial score (nSPS) is 10.0. The number of esters is 2. The molecule has 5 nitrogen and oxygen atoms in total. The van der Waals surface area contributed by atoms with Gasteiger partial charge in [-0.05, 0) is 29.8 Å². The molecule has 2 rings (SSSR count). The second kappa shape index (κ2) is 5.39. The summed E-state index contributed by atoms with van der Waals surface area (Å²) in [6, 6.07) is 8.61. The van der Waals surface area contributed by atoms with Gasteiger partial charge in [-0.2, -0.15) is 0 Å². The quantitative estimate of drug-likeness (QED) is 0.858. The summed E-state index contributed by atoms with van der Waals surface area (Å²) in [4.78, 5) is 26.4. The Labute approximate surface area is 110 Å². The van der Waals surface area contributed by atoms with Gasteiger partial charge in [0, 0.05) is 11.9 Å². The Morgan fingerprint density at radius 1 is 1.00 bits per heavy atom. The van der Waals surface area contributed by atoms with Gasteiger partial charge in [-0.1, -0.05) is 6.07 Å². The maximum absolute atomic E-state index is 11.7.